The number of hydrazine groups is 1. The summed E-state index contributed by atoms with van der Waals surface area (Å²) in [6.45, 7) is 1.54. The van der Waals surface area contributed by atoms with Gasteiger partial charge in [0.25, 0.3) is 5.91 Å². The van der Waals surface area contributed by atoms with E-state index in [0.717, 1.165) is 11.3 Å². The zero-order valence-corrected chi connectivity index (χ0v) is 11.1. The second-order valence-corrected chi connectivity index (χ2v) is 4.18. The molecule has 1 aromatic rings. The average Bonchev–Trinajstić information content (AvgIpc) is 2.42. The molecule has 2 amide bonds. The van der Waals surface area contributed by atoms with Crippen LogP contribution < -0.4 is 21.3 Å². The van der Waals surface area contributed by atoms with Gasteiger partial charge in [0.2, 0.25) is 5.91 Å². The Morgan fingerprint density at radius 1 is 1.37 bits per heavy atom. The fourth-order valence-electron chi connectivity index (χ4n) is 1.39. The standard InChI is InChI=1S/C13H19N3O3/c1-9(14)13(18)16-15-12(17)7-6-10-4-3-5-11(8-10)19-2/h3-5,8-9H,6-7,14H2,1-2H3,(H,15,17)(H,16,18). The van der Waals surface area contributed by atoms with Crippen LogP contribution in [0.3, 0.4) is 0 Å². The van der Waals surface area contributed by atoms with Gasteiger partial charge in [-0.1, -0.05) is 12.1 Å². The van der Waals surface area contributed by atoms with Crippen LogP contribution in [0.1, 0.15) is 18.9 Å². The molecular weight excluding hydrogens is 246 g/mol. The first kappa shape index (κ1) is 15.0. The Balaban J connectivity index is 2.35. The zero-order chi connectivity index (χ0) is 14.3. The molecule has 0 aliphatic carbocycles. The minimum absolute atomic E-state index is 0.267. The van der Waals surface area contributed by atoms with Crippen LogP contribution in [0.15, 0.2) is 24.3 Å². The predicted molar refractivity (Wildman–Crippen MR) is 71.2 cm³/mol. The van der Waals surface area contributed by atoms with Crippen molar-refractivity contribution in [2.75, 3.05) is 7.11 Å². The van der Waals surface area contributed by atoms with Crippen LogP contribution >= 0.6 is 0 Å². The van der Waals surface area contributed by atoms with Crippen molar-refractivity contribution in [2.24, 2.45) is 5.73 Å². The third-order valence-corrected chi connectivity index (χ3v) is 2.51. The molecule has 0 spiro atoms. The highest BCUT2D eigenvalue weighted by Crippen LogP contribution is 2.13. The van der Waals surface area contributed by atoms with Crippen molar-refractivity contribution in [3.63, 3.8) is 0 Å². The lowest BCUT2D eigenvalue weighted by atomic mass is 10.1. The molecule has 4 N–H and O–H groups in total. The van der Waals surface area contributed by atoms with Crippen LogP contribution in [0.2, 0.25) is 0 Å². The summed E-state index contributed by atoms with van der Waals surface area (Å²) in [4.78, 5) is 22.6. The van der Waals surface area contributed by atoms with Gasteiger partial charge in [0.15, 0.2) is 0 Å². The number of amides is 2. The summed E-state index contributed by atoms with van der Waals surface area (Å²) in [6, 6.07) is 6.83. The Kier molecular flexibility index (Phi) is 5.81. The first-order valence-electron chi connectivity index (χ1n) is 6.00. The van der Waals surface area contributed by atoms with E-state index in [1.807, 2.05) is 24.3 Å². The van der Waals surface area contributed by atoms with Gasteiger partial charge in [0.05, 0.1) is 13.2 Å². The molecule has 104 valence electrons. The van der Waals surface area contributed by atoms with Crippen LogP contribution in [0.4, 0.5) is 0 Å². The second kappa shape index (κ2) is 7.38. The molecule has 0 radical (unpaired) electrons. The summed E-state index contributed by atoms with van der Waals surface area (Å²) >= 11 is 0. The Hall–Kier alpha value is -2.08. The summed E-state index contributed by atoms with van der Waals surface area (Å²) in [5, 5.41) is 0. The van der Waals surface area contributed by atoms with E-state index in [2.05, 4.69) is 10.9 Å². The molecule has 0 saturated carbocycles. The van der Waals surface area contributed by atoms with E-state index in [0.29, 0.717) is 6.42 Å². The zero-order valence-electron chi connectivity index (χ0n) is 11.1. The molecule has 0 bridgehead atoms. The van der Waals surface area contributed by atoms with Crippen molar-refractivity contribution < 1.29 is 14.3 Å². The monoisotopic (exact) mass is 265 g/mol. The number of ether oxygens (including phenoxy) is 1. The molecule has 1 aromatic carbocycles. The molecule has 19 heavy (non-hydrogen) atoms. The average molecular weight is 265 g/mol. The van der Waals surface area contributed by atoms with Gasteiger partial charge >= 0.3 is 0 Å². The fraction of sp³-hybridized carbons (Fsp3) is 0.385. The van der Waals surface area contributed by atoms with E-state index in [1.165, 1.54) is 6.92 Å². The summed E-state index contributed by atoms with van der Waals surface area (Å²) in [7, 11) is 1.59. The van der Waals surface area contributed by atoms with E-state index < -0.39 is 11.9 Å². The SMILES string of the molecule is COc1cccc(CCC(=O)NNC(=O)C(C)N)c1. The van der Waals surface area contributed by atoms with Crippen molar-refractivity contribution in [1.82, 2.24) is 10.9 Å². The van der Waals surface area contributed by atoms with E-state index in [9.17, 15) is 9.59 Å². The van der Waals surface area contributed by atoms with Crippen molar-refractivity contribution in [3.05, 3.63) is 29.8 Å². The molecule has 1 unspecified atom stereocenters. The maximum absolute atomic E-state index is 11.5. The lowest BCUT2D eigenvalue weighted by Crippen LogP contribution is -2.48. The smallest absolute Gasteiger partial charge is 0.254 e. The third-order valence-electron chi connectivity index (χ3n) is 2.51. The second-order valence-electron chi connectivity index (χ2n) is 4.18. The van der Waals surface area contributed by atoms with Crippen molar-refractivity contribution in [1.29, 1.82) is 0 Å². The molecular formula is C13H19N3O3. The van der Waals surface area contributed by atoms with Crippen LogP contribution in [0.5, 0.6) is 5.75 Å². The Morgan fingerprint density at radius 3 is 2.74 bits per heavy atom. The highest BCUT2D eigenvalue weighted by Gasteiger charge is 2.08. The number of nitrogens with two attached hydrogens (primary N) is 1. The number of hydrogen-bond acceptors (Lipinski definition) is 4. The van der Waals surface area contributed by atoms with Gasteiger partial charge in [-0.2, -0.15) is 0 Å². The van der Waals surface area contributed by atoms with E-state index in [-0.39, 0.29) is 12.3 Å². The predicted octanol–water partition coefficient (Wildman–Crippen LogP) is 0.122. The molecule has 0 fully saturated rings. The molecule has 0 aromatic heterocycles. The number of hydrogen-bond donors (Lipinski definition) is 3. The van der Waals surface area contributed by atoms with E-state index in [1.54, 1.807) is 7.11 Å². The Morgan fingerprint density at radius 2 is 2.11 bits per heavy atom. The third kappa shape index (κ3) is 5.39. The molecule has 6 heteroatoms. The normalized spacial score (nSPS) is 11.5. The van der Waals surface area contributed by atoms with Gasteiger partial charge in [-0.25, -0.2) is 0 Å². The van der Waals surface area contributed by atoms with Gasteiger partial charge < -0.3 is 10.5 Å². The van der Waals surface area contributed by atoms with Crippen LogP contribution in [-0.2, 0) is 16.0 Å². The van der Waals surface area contributed by atoms with Crippen molar-refractivity contribution in [3.8, 4) is 5.75 Å². The molecule has 0 aliphatic rings. The molecule has 0 aliphatic heterocycles. The van der Waals surface area contributed by atoms with Gasteiger partial charge in [0.1, 0.15) is 5.75 Å². The minimum Gasteiger partial charge on any atom is -0.497 e. The maximum atomic E-state index is 11.5. The molecule has 1 rings (SSSR count). The number of nitrogens with one attached hydrogen (secondary N) is 2. The lowest BCUT2D eigenvalue weighted by molar-refractivity contribution is -0.129. The number of carbonyl (C=O) groups excluding carboxylic acids is 2. The summed E-state index contributed by atoms with van der Waals surface area (Å²) in [5.74, 6) is 0.0646. The van der Waals surface area contributed by atoms with Gasteiger partial charge in [-0.15, -0.1) is 0 Å². The summed E-state index contributed by atoms with van der Waals surface area (Å²) < 4.78 is 5.10. The molecule has 0 saturated heterocycles. The summed E-state index contributed by atoms with van der Waals surface area (Å²) in [6.07, 6.45) is 0.837. The van der Waals surface area contributed by atoms with Crippen molar-refractivity contribution in [2.45, 2.75) is 25.8 Å². The van der Waals surface area contributed by atoms with E-state index in [4.69, 9.17) is 10.5 Å². The first-order valence-corrected chi connectivity index (χ1v) is 6.00. The molecule has 0 heterocycles. The summed E-state index contributed by atoms with van der Waals surface area (Å²) in [5.41, 5.74) is 10.9. The lowest BCUT2D eigenvalue weighted by Gasteiger charge is -2.09. The largest absolute Gasteiger partial charge is 0.497 e. The number of methoxy groups -OCH3 is 1. The van der Waals surface area contributed by atoms with Gasteiger partial charge in [-0.05, 0) is 31.0 Å². The minimum atomic E-state index is -0.654. The topological polar surface area (TPSA) is 93.5 Å². The van der Waals surface area contributed by atoms with Gasteiger partial charge in [0, 0.05) is 6.42 Å². The number of carbonyl (C=O) groups is 2. The van der Waals surface area contributed by atoms with Crippen molar-refractivity contribution >= 4 is 11.8 Å². The number of aryl methyl sites for hydroxylation is 1. The first-order chi connectivity index (χ1) is 9.02. The maximum Gasteiger partial charge on any atom is 0.254 e. The fourth-order valence-corrected chi connectivity index (χ4v) is 1.39. The highest BCUT2D eigenvalue weighted by atomic mass is 16.5. The van der Waals surface area contributed by atoms with Crippen LogP contribution in [-0.4, -0.2) is 25.0 Å². The van der Waals surface area contributed by atoms with Gasteiger partial charge in [-0.3, -0.25) is 20.4 Å². The quantitative estimate of drug-likeness (QED) is 0.659. The number of benzene rings is 1. The number of rotatable bonds is 5. The Labute approximate surface area is 112 Å². The van der Waals surface area contributed by atoms with E-state index >= 15 is 0 Å². The highest BCUT2D eigenvalue weighted by molar-refractivity contribution is 5.84. The Bertz CT molecular complexity index is 447. The van der Waals surface area contributed by atoms with Crippen LogP contribution in [0, 0.1) is 0 Å². The van der Waals surface area contributed by atoms with Crippen LogP contribution in [0.25, 0.3) is 0 Å². The molecule has 6 nitrogen and oxygen atoms in total. The molecule has 1 atom stereocenters.